The number of hydrogen-bond donors (Lipinski definition) is 1. The molecule has 1 aliphatic heterocycles. The topological polar surface area (TPSA) is 115 Å². The number of para-hydroxylation sites is 1. The average molecular weight is 461 g/mol. The number of aliphatic carboxylic acids is 1. The molecule has 9 nitrogen and oxygen atoms in total. The second-order valence-electron chi connectivity index (χ2n) is 6.70. The van der Waals surface area contributed by atoms with E-state index in [4.69, 9.17) is 9.84 Å². The van der Waals surface area contributed by atoms with Gasteiger partial charge in [-0.1, -0.05) is 30.0 Å². The molecule has 2 heterocycles. The van der Waals surface area contributed by atoms with Crippen molar-refractivity contribution in [2.24, 2.45) is 0 Å². The van der Waals surface area contributed by atoms with E-state index in [0.29, 0.717) is 42.8 Å². The van der Waals surface area contributed by atoms with E-state index in [9.17, 15) is 13.2 Å². The molecule has 0 amide bonds. The van der Waals surface area contributed by atoms with Crippen LogP contribution in [0.4, 0.5) is 0 Å². The first-order valence-corrected chi connectivity index (χ1v) is 11.9. The number of thioether (sulfide) groups is 1. The third kappa shape index (κ3) is 4.64. The van der Waals surface area contributed by atoms with Crippen molar-refractivity contribution in [2.75, 3.05) is 32.1 Å². The van der Waals surface area contributed by atoms with Gasteiger partial charge in [-0.15, -0.1) is 10.2 Å². The molecule has 0 spiro atoms. The molecule has 3 aromatic rings. The maximum Gasteiger partial charge on any atom is 0.313 e. The van der Waals surface area contributed by atoms with E-state index in [1.165, 1.54) is 4.31 Å². The van der Waals surface area contributed by atoms with Gasteiger partial charge in [0, 0.05) is 24.3 Å². The Labute approximate surface area is 183 Å². The number of carboxylic acids is 1. The van der Waals surface area contributed by atoms with Crippen LogP contribution in [0.2, 0.25) is 0 Å². The molecule has 1 aromatic heterocycles. The summed E-state index contributed by atoms with van der Waals surface area (Å²) >= 11 is 1.07. The van der Waals surface area contributed by atoms with Crippen LogP contribution >= 0.6 is 11.8 Å². The van der Waals surface area contributed by atoms with E-state index in [1.807, 2.05) is 30.3 Å². The van der Waals surface area contributed by atoms with Crippen molar-refractivity contribution in [1.29, 1.82) is 0 Å². The number of aromatic nitrogens is 3. The zero-order valence-corrected chi connectivity index (χ0v) is 18.1. The third-order valence-electron chi connectivity index (χ3n) is 4.69. The predicted molar refractivity (Wildman–Crippen MR) is 115 cm³/mol. The molecule has 0 aliphatic carbocycles. The van der Waals surface area contributed by atoms with Gasteiger partial charge in [0.05, 0.1) is 23.9 Å². The smallest absolute Gasteiger partial charge is 0.313 e. The SMILES string of the molecule is O=C(O)CSc1nnc(-c2ccc(S(=O)(=O)N3CCOCC3)cc2)n1-c1ccccc1. The Balaban J connectivity index is 1.69. The molecule has 1 saturated heterocycles. The van der Waals surface area contributed by atoms with Gasteiger partial charge in [0.15, 0.2) is 11.0 Å². The summed E-state index contributed by atoms with van der Waals surface area (Å²) in [5.41, 5.74) is 1.44. The fourth-order valence-corrected chi connectivity index (χ4v) is 5.28. The normalized spacial score (nSPS) is 15.1. The number of morpholine rings is 1. The second-order valence-corrected chi connectivity index (χ2v) is 9.58. The number of hydrogen-bond acceptors (Lipinski definition) is 7. The predicted octanol–water partition coefficient (Wildman–Crippen LogP) is 2.13. The Morgan fingerprint density at radius 1 is 1.03 bits per heavy atom. The summed E-state index contributed by atoms with van der Waals surface area (Å²) in [6, 6.07) is 15.8. The lowest BCUT2D eigenvalue weighted by Gasteiger charge is -2.26. The van der Waals surface area contributed by atoms with Crippen molar-refractivity contribution in [3.63, 3.8) is 0 Å². The van der Waals surface area contributed by atoms with Crippen LogP contribution in [0.15, 0.2) is 64.6 Å². The largest absolute Gasteiger partial charge is 0.481 e. The summed E-state index contributed by atoms with van der Waals surface area (Å²) in [5.74, 6) is -0.608. The lowest BCUT2D eigenvalue weighted by Crippen LogP contribution is -2.40. The van der Waals surface area contributed by atoms with Gasteiger partial charge in [0.2, 0.25) is 10.0 Å². The molecular weight excluding hydrogens is 440 g/mol. The molecule has 11 heteroatoms. The molecule has 31 heavy (non-hydrogen) atoms. The van der Waals surface area contributed by atoms with Gasteiger partial charge < -0.3 is 9.84 Å². The van der Waals surface area contributed by atoms with Crippen molar-refractivity contribution in [3.8, 4) is 17.1 Å². The van der Waals surface area contributed by atoms with Crippen LogP contribution in [-0.4, -0.2) is 70.6 Å². The van der Waals surface area contributed by atoms with Crippen molar-refractivity contribution in [1.82, 2.24) is 19.1 Å². The van der Waals surface area contributed by atoms with E-state index in [0.717, 1.165) is 17.4 Å². The van der Waals surface area contributed by atoms with Crippen molar-refractivity contribution < 1.29 is 23.1 Å². The van der Waals surface area contributed by atoms with Crippen molar-refractivity contribution in [2.45, 2.75) is 10.1 Å². The maximum atomic E-state index is 12.9. The van der Waals surface area contributed by atoms with Crippen LogP contribution in [0.1, 0.15) is 0 Å². The Bertz CT molecular complexity index is 1160. The molecule has 1 aliphatic rings. The van der Waals surface area contributed by atoms with E-state index < -0.39 is 16.0 Å². The van der Waals surface area contributed by atoms with Crippen LogP contribution < -0.4 is 0 Å². The van der Waals surface area contributed by atoms with Crippen LogP contribution in [-0.2, 0) is 19.6 Å². The maximum absolute atomic E-state index is 12.9. The number of benzene rings is 2. The average Bonchev–Trinajstić information content (AvgIpc) is 3.23. The Kier molecular flexibility index (Phi) is 6.37. The van der Waals surface area contributed by atoms with Crippen LogP contribution in [0.5, 0.6) is 0 Å². The number of carbonyl (C=O) groups is 1. The summed E-state index contributed by atoms with van der Waals surface area (Å²) in [6.45, 7) is 1.43. The fraction of sp³-hybridized carbons (Fsp3) is 0.250. The van der Waals surface area contributed by atoms with E-state index in [-0.39, 0.29) is 10.6 Å². The Morgan fingerprint density at radius 2 is 1.71 bits per heavy atom. The number of rotatable bonds is 7. The molecular formula is C20H20N4O5S2. The van der Waals surface area contributed by atoms with Crippen molar-refractivity contribution in [3.05, 3.63) is 54.6 Å². The molecule has 1 fully saturated rings. The van der Waals surface area contributed by atoms with E-state index in [2.05, 4.69) is 10.2 Å². The highest BCUT2D eigenvalue weighted by Crippen LogP contribution is 2.29. The first-order chi connectivity index (χ1) is 15.0. The third-order valence-corrected chi connectivity index (χ3v) is 7.52. The van der Waals surface area contributed by atoms with Gasteiger partial charge in [-0.2, -0.15) is 4.31 Å². The molecule has 4 rings (SSSR count). The first kappa shape index (κ1) is 21.5. The first-order valence-electron chi connectivity index (χ1n) is 9.50. The summed E-state index contributed by atoms with van der Waals surface area (Å²) in [4.78, 5) is 11.2. The number of carboxylic acid groups (broad SMARTS) is 1. The Hall–Kier alpha value is -2.73. The van der Waals surface area contributed by atoms with E-state index >= 15 is 0 Å². The minimum atomic E-state index is -3.60. The van der Waals surface area contributed by atoms with Gasteiger partial charge in [0.1, 0.15) is 0 Å². The summed E-state index contributed by atoms with van der Waals surface area (Å²) < 4.78 is 34.1. The summed E-state index contributed by atoms with van der Waals surface area (Å²) in [7, 11) is -3.60. The monoisotopic (exact) mass is 460 g/mol. The number of ether oxygens (including phenoxy) is 1. The standard InChI is InChI=1S/C20H20N4O5S2/c25-18(26)14-30-20-22-21-19(24(20)16-4-2-1-3-5-16)15-6-8-17(9-7-15)31(27,28)23-10-12-29-13-11-23/h1-9H,10-14H2,(H,25,26). The lowest BCUT2D eigenvalue weighted by molar-refractivity contribution is -0.133. The van der Waals surface area contributed by atoms with Gasteiger partial charge >= 0.3 is 5.97 Å². The van der Waals surface area contributed by atoms with Crippen LogP contribution in [0.25, 0.3) is 17.1 Å². The molecule has 0 atom stereocenters. The fourth-order valence-electron chi connectivity index (χ4n) is 3.20. The van der Waals surface area contributed by atoms with Crippen LogP contribution in [0, 0.1) is 0 Å². The zero-order valence-electron chi connectivity index (χ0n) is 16.4. The quantitative estimate of drug-likeness (QED) is 0.534. The minimum Gasteiger partial charge on any atom is -0.481 e. The molecule has 0 saturated carbocycles. The molecule has 0 bridgehead atoms. The number of sulfonamides is 1. The van der Waals surface area contributed by atoms with Crippen molar-refractivity contribution >= 4 is 27.8 Å². The zero-order chi connectivity index (χ0) is 21.8. The number of nitrogens with zero attached hydrogens (tertiary/aromatic N) is 4. The molecule has 1 N–H and O–H groups in total. The van der Waals surface area contributed by atoms with Gasteiger partial charge in [-0.3, -0.25) is 9.36 Å². The van der Waals surface area contributed by atoms with Gasteiger partial charge in [-0.25, -0.2) is 8.42 Å². The highest BCUT2D eigenvalue weighted by molar-refractivity contribution is 7.99. The summed E-state index contributed by atoms with van der Waals surface area (Å²) in [5, 5.41) is 17.9. The van der Waals surface area contributed by atoms with E-state index in [1.54, 1.807) is 28.8 Å². The van der Waals surface area contributed by atoms with Gasteiger partial charge in [-0.05, 0) is 36.4 Å². The minimum absolute atomic E-state index is 0.151. The molecule has 2 aromatic carbocycles. The second kappa shape index (κ2) is 9.18. The highest BCUT2D eigenvalue weighted by atomic mass is 32.2. The molecule has 0 unspecified atom stereocenters. The molecule has 0 radical (unpaired) electrons. The van der Waals surface area contributed by atoms with Gasteiger partial charge in [0.25, 0.3) is 0 Å². The lowest BCUT2D eigenvalue weighted by atomic mass is 10.2. The highest BCUT2D eigenvalue weighted by Gasteiger charge is 2.26. The summed E-state index contributed by atoms with van der Waals surface area (Å²) in [6.07, 6.45) is 0. The Morgan fingerprint density at radius 3 is 2.35 bits per heavy atom. The van der Waals surface area contributed by atoms with Crippen LogP contribution in [0.3, 0.4) is 0 Å². The molecule has 162 valence electrons.